The van der Waals surface area contributed by atoms with Crippen molar-refractivity contribution in [3.05, 3.63) is 67.3 Å². The molecule has 3 nitrogen and oxygen atoms in total. The van der Waals surface area contributed by atoms with Crippen LogP contribution in [-0.4, -0.2) is 36.1 Å². The Kier molecular flexibility index (Phi) is 6.64. The molecule has 3 aromatic rings. The van der Waals surface area contributed by atoms with Gasteiger partial charge in [-0.05, 0) is 24.3 Å². The maximum absolute atomic E-state index is 14.1. The van der Waals surface area contributed by atoms with Crippen LogP contribution in [0.1, 0.15) is 0 Å². The van der Waals surface area contributed by atoms with Crippen LogP contribution in [-0.2, 0) is 9.53 Å². The number of hydrogen-bond donors (Lipinski definition) is 0. The van der Waals surface area contributed by atoms with Crippen molar-refractivity contribution in [2.24, 2.45) is 0 Å². The normalized spacial score (nSPS) is 12.7. The maximum Gasteiger partial charge on any atom is 0.376 e. The number of hydrogen-bond acceptors (Lipinski definition) is 4. The molecule has 2 aromatic carbocycles. The highest BCUT2D eigenvalue weighted by molar-refractivity contribution is 7.99. The van der Waals surface area contributed by atoms with E-state index in [9.17, 15) is 31.1 Å². The molecule has 0 aliphatic rings. The molecular weight excluding hydrogens is 458 g/mol. The minimum Gasteiger partial charge on any atom is -0.456 e. The first-order valence-electron chi connectivity index (χ1n) is 9.11. The molecule has 1 aromatic heterocycles. The summed E-state index contributed by atoms with van der Waals surface area (Å²) < 4.78 is 93.0. The molecule has 1 heterocycles. The van der Waals surface area contributed by atoms with Crippen LogP contribution in [0.5, 0.6) is 0 Å². The van der Waals surface area contributed by atoms with Gasteiger partial charge < -0.3 is 9.15 Å². The van der Waals surface area contributed by atoms with Crippen molar-refractivity contribution in [2.75, 3.05) is 12.4 Å². The first-order valence-corrected chi connectivity index (χ1v) is 10.1. The van der Waals surface area contributed by atoms with E-state index in [4.69, 9.17) is 4.42 Å². The van der Waals surface area contributed by atoms with Gasteiger partial charge in [-0.15, -0.1) is 11.8 Å². The topological polar surface area (TPSA) is 39.4 Å². The van der Waals surface area contributed by atoms with Gasteiger partial charge in [0.15, 0.2) is 6.61 Å². The summed E-state index contributed by atoms with van der Waals surface area (Å²) in [5.41, 5.74) is 1.11. The van der Waals surface area contributed by atoms with Crippen LogP contribution in [0.15, 0.2) is 76.6 Å². The van der Waals surface area contributed by atoms with Gasteiger partial charge in [-0.25, -0.2) is 4.79 Å². The molecule has 0 N–H and O–H groups in total. The Morgan fingerprint density at radius 1 is 1.00 bits per heavy atom. The van der Waals surface area contributed by atoms with Gasteiger partial charge in [0.25, 0.3) is 0 Å². The highest BCUT2D eigenvalue weighted by Crippen LogP contribution is 2.48. The lowest BCUT2D eigenvalue weighted by Crippen LogP contribution is -2.57. The van der Waals surface area contributed by atoms with Gasteiger partial charge >= 0.3 is 23.7 Å². The van der Waals surface area contributed by atoms with Crippen molar-refractivity contribution >= 4 is 28.7 Å². The fourth-order valence-electron chi connectivity index (χ4n) is 2.69. The smallest absolute Gasteiger partial charge is 0.376 e. The molecule has 0 aliphatic carbocycles. The number of thioether (sulfide) groups is 1. The third kappa shape index (κ3) is 4.79. The highest BCUT2D eigenvalue weighted by atomic mass is 32.2. The van der Waals surface area contributed by atoms with E-state index in [0.717, 1.165) is 5.56 Å². The number of halogens is 6. The number of esters is 1. The fourth-order valence-corrected chi connectivity index (χ4v) is 3.57. The number of carbonyl (C=O) groups excluding carboxylic acids is 1. The van der Waals surface area contributed by atoms with Crippen LogP contribution in [0, 0.1) is 0 Å². The van der Waals surface area contributed by atoms with E-state index in [0.29, 0.717) is 22.8 Å². The van der Waals surface area contributed by atoms with Crippen LogP contribution in [0.4, 0.5) is 26.3 Å². The lowest BCUT2D eigenvalue weighted by molar-refractivity contribution is -0.309. The number of benzene rings is 2. The molecule has 0 aliphatic heterocycles. The number of fused-ring (bicyclic) bond motifs is 1. The summed E-state index contributed by atoms with van der Waals surface area (Å²) in [7, 11) is 0. The van der Waals surface area contributed by atoms with E-state index >= 15 is 0 Å². The van der Waals surface area contributed by atoms with Gasteiger partial charge in [-0.3, -0.25) is 0 Å². The van der Waals surface area contributed by atoms with Crippen molar-refractivity contribution in [1.29, 1.82) is 0 Å². The second kappa shape index (κ2) is 8.93. The lowest BCUT2D eigenvalue weighted by atomic mass is 10.1. The third-order valence-corrected chi connectivity index (χ3v) is 5.55. The Balaban J connectivity index is 1.74. The first-order chi connectivity index (χ1) is 15.0. The van der Waals surface area contributed by atoms with E-state index in [1.54, 1.807) is 24.3 Å². The largest absolute Gasteiger partial charge is 0.456 e. The van der Waals surface area contributed by atoms with Crippen LogP contribution < -0.4 is 0 Å². The standard InChI is InChI=1S/C22H16F6O3S/c1-2-19(29)30-12-20(23,24)22(27,28)21(25,26)13-32-16-9-8-15-10-17(31-18(15)11-16)14-6-4-3-5-7-14/h2-11H,1,12-13H2. The summed E-state index contributed by atoms with van der Waals surface area (Å²) in [6, 6.07) is 15.1. The average Bonchev–Trinajstić information content (AvgIpc) is 3.20. The van der Waals surface area contributed by atoms with E-state index in [-0.39, 0.29) is 16.7 Å². The Morgan fingerprint density at radius 3 is 2.34 bits per heavy atom. The quantitative estimate of drug-likeness (QED) is 0.148. The molecule has 0 amide bonds. The van der Waals surface area contributed by atoms with Gasteiger partial charge in [0.05, 0.1) is 5.75 Å². The SMILES string of the molecule is C=CC(=O)OCC(F)(F)C(F)(F)C(F)(F)CSc1ccc2cc(-c3ccccc3)oc2c1. The predicted molar refractivity (Wildman–Crippen MR) is 108 cm³/mol. The minimum atomic E-state index is -5.76. The molecule has 10 heteroatoms. The van der Waals surface area contributed by atoms with Crippen LogP contribution >= 0.6 is 11.8 Å². The van der Waals surface area contributed by atoms with E-state index in [1.807, 2.05) is 18.2 Å². The van der Waals surface area contributed by atoms with Crippen LogP contribution in [0.2, 0.25) is 0 Å². The average molecular weight is 474 g/mol. The number of ether oxygens (including phenoxy) is 1. The number of furan rings is 1. The minimum absolute atomic E-state index is 0.128. The van der Waals surface area contributed by atoms with Crippen LogP contribution in [0.3, 0.4) is 0 Å². The van der Waals surface area contributed by atoms with Gasteiger partial charge in [0.1, 0.15) is 11.3 Å². The molecule has 0 unspecified atom stereocenters. The number of alkyl halides is 6. The first kappa shape index (κ1) is 23.8. The Hall–Kier alpha value is -2.88. The second-order valence-electron chi connectivity index (χ2n) is 6.76. The van der Waals surface area contributed by atoms with Gasteiger partial charge in [0.2, 0.25) is 0 Å². The Bertz CT molecular complexity index is 1110. The van der Waals surface area contributed by atoms with E-state index < -0.39 is 36.1 Å². The molecule has 0 fully saturated rings. The van der Waals surface area contributed by atoms with Crippen molar-refractivity contribution in [3.8, 4) is 11.3 Å². The van der Waals surface area contributed by atoms with Crippen LogP contribution in [0.25, 0.3) is 22.3 Å². The van der Waals surface area contributed by atoms with Gasteiger partial charge in [0, 0.05) is 21.9 Å². The molecular formula is C22H16F6O3S. The zero-order valence-corrected chi connectivity index (χ0v) is 17.1. The monoisotopic (exact) mass is 474 g/mol. The highest BCUT2D eigenvalue weighted by Gasteiger charge is 2.71. The molecule has 0 atom stereocenters. The van der Waals surface area contributed by atoms with Crippen molar-refractivity contribution < 1.29 is 40.3 Å². The molecule has 0 saturated heterocycles. The zero-order chi connectivity index (χ0) is 23.6. The summed E-state index contributed by atoms with van der Waals surface area (Å²) in [6.45, 7) is 0.707. The van der Waals surface area contributed by atoms with Gasteiger partial charge in [-0.1, -0.05) is 36.9 Å². The summed E-state index contributed by atoms with van der Waals surface area (Å²) in [5.74, 6) is -18.7. The summed E-state index contributed by atoms with van der Waals surface area (Å²) in [4.78, 5) is 11.0. The van der Waals surface area contributed by atoms with Crippen molar-refractivity contribution in [2.45, 2.75) is 22.7 Å². The predicted octanol–water partition coefficient (Wildman–Crippen LogP) is 6.83. The maximum atomic E-state index is 14.1. The number of carbonyl (C=O) groups is 1. The lowest BCUT2D eigenvalue weighted by Gasteiger charge is -2.32. The molecule has 0 spiro atoms. The molecule has 0 radical (unpaired) electrons. The Morgan fingerprint density at radius 2 is 1.69 bits per heavy atom. The Labute approximate surface area is 183 Å². The summed E-state index contributed by atoms with van der Waals surface area (Å²) >= 11 is 0.272. The summed E-state index contributed by atoms with van der Waals surface area (Å²) in [6.07, 6.45) is 0.455. The molecule has 170 valence electrons. The molecule has 0 bridgehead atoms. The molecule has 32 heavy (non-hydrogen) atoms. The van der Waals surface area contributed by atoms with E-state index in [2.05, 4.69) is 11.3 Å². The number of rotatable bonds is 9. The third-order valence-electron chi connectivity index (χ3n) is 4.45. The fraction of sp³-hybridized carbons (Fsp3) is 0.227. The summed E-state index contributed by atoms with van der Waals surface area (Å²) in [5, 5.41) is 0.654. The van der Waals surface area contributed by atoms with E-state index in [1.165, 1.54) is 12.1 Å². The zero-order valence-electron chi connectivity index (χ0n) is 16.3. The molecule has 0 saturated carbocycles. The second-order valence-corrected chi connectivity index (χ2v) is 7.81. The van der Waals surface area contributed by atoms with Gasteiger partial charge in [-0.2, -0.15) is 26.3 Å². The van der Waals surface area contributed by atoms with Crippen molar-refractivity contribution in [1.82, 2.24) is 0 Å². The van der Waals surface area contributed by atoms with Crippen molar-refractivity contribution in [3.63, 3.8) is 0 Å². The molecule has 3 rings (SSSR count).